The molecule has 2 unspecified atom stereocenters. The first-order valence-corrected chi connectivity index (χ1v) is 12.2. The average Bonchev–Trinajstić information content (AvgIpc) is 3.44. The summed E-state index contributed by atoms with van der Waals surface area (Å²) < 4.78 is 32.3. The first-order chi connectivity index (χ1) is 16.5. The molecule has 178 valence electrons. The lowest BCUT2D eigenvalue weighted by Crippen LogP contribution is -2.37. The third kappa shape index (κ3) is 5.39. The standard InChI is InChI=1S/C28H30F2N2O2/c29-22-13-19(14-23(30)16-22)6-8-28(33)31-24-7-5-20(15-24)17-32-11-9-21(10-12-32)26-18-34-27-4-2-1-3-25(26)27/h1-4,6,8,13-14,16,18,20-21,24H,5,7,9-12,15,17H2,(H,31,33)/b8-6+. The van der Waals surface area contributed by atoms with Gasteiger partial charge in [0, 0.05) is 35.7 Å². The monoisotopic (exact) mass is 464 g/mol. The summed E-state index contributed by atoms with van der Waals surface area (Å²) in [4.78, 5) is 14.8. The molecule has 1 saturated heterocycles. The van der Waals surface area contributed by atoms with Gasteiger partial charge >= 0.3 is 0 Å². The second kappa shape index (κ2) is 10.1. The summed E-state index contributed by atoms with van der Waals surface area (Å²) in [7, 11) is 0. The van der Waals surface area contributed by atoms with Crippen LogP contribution in [0, 0.1) is 17.6 Å². The van der Waals surface area contributed by atoms with E-state index in [1.807, 2.05) is 18.4 Å². The maximum atomic E-state index is 13.3. The minimum absolute atomic E-state index is 0.154. The van der Waals surface area contributed by atoms with E-state index in [1.54, 1.807) is 0 Å². The number of benzene rings is 2. The van der Waals surface area contributed by atoms with Gasteiger partial charge in [-0.15, -0.1) is 0 Å². The maximum Gasteiger partial charge on any atom is 0.244 e. The van der Waals surface area contributed by atoms with Crippen molar-refractivity contribution in [1.29, 1.82) is 0 Å². The number of carbonyl (C=O) groups is 1. The van der Waals surface area contributed by atoms with Gasteiger partial charge in [0.2, 0.25) is 5.91 Å². The molecule has 2 atom stereocenters. The number of amides is 1. The van der Waals surface area contributed by atoms with Gasteiger partial charge in [-0.25, -0.2) is 8.78 Å². The van der Waals surface area contributed by atoms with Gasteiger partial charge in [0.1, 0.15) is 17.2 Å². The van der Waals surface area contributed by atoms with Crippen LogP contribution < -0.4 is 5.32 Å². The van der Waals surface area contributed by atoms with E-state index in [4.69, 9.17) is 4.42 Å². The summed E-state index contributed by atoms with van der Waals surface area (Å²) in [6.07, 6.45) is 10.1. The molecule has 0 bridgehead atoms. The minimum Gasteiger partial charge on any atom is -0.464 e. The number of hydrogen-bond acceptors (Lipinski definition) is 3. The Morgan fingerprint density at radius 1 is 1.06 bits per heavy atom. The van der Waals surface area contributed by atoms with Crippen molar-refractivity contribution in [1.82, 2.24) is 10.2 Å². The van der Waals surface area contributed by atoms with Crippen molar-refractivity contribution in [2.24, 2.45) is 5.92 Å². The number of piperidine rings is 1. The molecular formula is C28H30F2N2O2. The summed E-state index contributed by atoms with van der Waals surface area (Å²) in [5, 5.41) is 4.29. The highest BCUT2D eigenvalue weighted by molar-refractivity contribution is 5.91. The van der Waals surface area contributed by atoms with Crippen LogP contribution in [0.25, 0.3) is 17.0 Å². The Morgan fingerprint density at radius 3 is 2.62 bits per heavy atom. The Balaban J connectivity index is 1.07. The number of hydrogen-bond donors (Lipinski definition) is 1. The maximum absolute atomic E-state index is 13.3. The molecular weight excluding hydrogens is 434 g/mol. The van der Waals surface area contributed by atoms with E-state index in [0.717, 1.165) is 63.4 Å². The molecule has 2 fully saturated rings. The Labute approximate surface area is 198 Å². The van der Waals surface area contributed by atoms with Crippen LogP contribution in [0.5, 0.6) is 0 Å². The van der Waals surface area contributed by atoms with Crippen LogP contribution in [0.3, 0.4) is 0 Å². The van der Waals surface area contributed by atoms with Gasteiger partial charge in [-0.05, 0) is 86.9 Å². The Hall–Kier alpha value is -2.99. The topological polar surface area (TPSA) is 45.5 Å². The number of furan rings is 1. The molecule has 5 rings (SSSR count). The number of para-hydroxylation sites is 1. The first kappa shape index (κ1) is 22.8. The molecule has 4 nitrogen and oxygen atoms in total. The van der Waals surface area contributed by atoms with Crippen LogP contribution in [-0.2, 0) is 4.79 Å². The van der Waals surface area contributed by atoms with Crippen LogP contribution >= 0.6 is 0 Å². The van der Waals surface area contributed by atoms with Crippen LogP contribution in [0.2, 0.25) is 0 Å². The van der Waals surface area contributed by atoms with E-state index >= 15 is 0 Å². The van der Waals surface area contributed by atoms with E-state index in [0.29, 0.717) is 17.4 Å². The lowest BCUT2D eigenvalue weighted by molar-refractivity contribution is -0.117. The number of nitrogens with one attached hydrogen (secondary N) is 1. The van der Waals surface area contributed by atoms with Gasteiger partial charge in [-0.3, -0.25) is 4.79 Å². The fraction of sp³-hybridized carbons (Fsp3) is 0.393. The number of halogens is 2. The lowest BCUT2D eigenvalue weighted by atomic mass is 9.89. The van der Waals surface area contributed by atoms with Crippen molar-refractivity contribution >= 4 is 23.0 Å². The van der Waals surface area contributed by atoms with Crippen LogP contribution in [0.4, 0.5) is 8.78 Å². The molecule has 6 heteroatoms. The average molecular weight is 465 g/mol. The minimum atomic E-state index is -0.652. The highest BCUT2D eigenvalue weighted by Gasteiger charge is 2.29. The van der Waals surface area contributed by atoms with E-state index in [9.17, 15) is 13.6 Å². The second-order valence-corrected chi connectivity index (χ2v) is 9.68. The summed E-state index contributed by atoms with van der Waals surface area (Å²) >= 11 is 0. The van der Waals surface area contributed by atoms with Gasteiger partial charge in [0.25, 0.3) is 0 Å². The summed E-state index contributed by atoms with van der Waals surface area (Å²) in [6, 6.07) is 11.6. The highest BCUT2D eigenvalue weighted by Crippen LogP contribution is 2.35. The zero-order valence-corrected chi connectivity index (χ0v) is 19.2. The number of rotatable bonds is 6. The van der Waals surface area contributed by atoms with E-state index < -0.39 is 11.6 Å². The molecule has 2 heterocycles. The molecule has 0 radical (unpaired) electrons. The number of fused-ring (bicyclic) bond motifs is 1. The Morgan fingerprint density at radius 2 is 1.82 bits per heavy atom. The van der Waals surface area contributed by atoms with Crippen molar-refractivity contribution in [2.75, 3.05) is 19.6 Å². The van der Waals surface area contributed by atoms with Gasteiger partial charge in [-0.1, -0.05) is 18.2 Å². The molecule has 1 amide bonds. The molecule has 1 N–H and O–H groups in total. The van der Waals surface area contributed by atoms with Crippen LogP contribution in [0.15, 0.2) is 59.2 Å². The molecule has 1 aliphatic heterocycles. The SMILES string of the molecule is O=C(/C=C/c1cc(F)cc(F)c1)NC1CCC(CN2CCC(c3coc4ccccc34)CC2)C1. The van der Waals surface area contributed by atoms with Gasteiger partial charge in [0.05, 0.1) is 6.26 Å². The molecule has 1 aliphatic carbocycles. The highest BCUT2D eigenvalue weighted by atomic mass is 19.1. The fourth-order valence-corrected chi connectivity index (χ4v) is 5.57. The number of likely N-dealkylation sites (tertiary alicyclic amines) is 1. The zero-order chi connectivity index (χ0) is 23.5. The van der Waals surface area contributed by atoms with Crippen LogP contribution in [0.1, 0.15) is 49.1 Å². The Kier molecular flexibility index (Phi) is 6.77. The van der Waals surface area contributed by atoms with E-state index in [1.165, 1.54) is 35.2 Å². The Bertz CT molecular complexity index is 1160. The second-order valence-electron chi connectivity index (χ2n) is 9.68. The molecule has 2 aliphatic rings. The molecule has 2 aromatic carbocycles. The lowest BCUT2D eigenvalue weighted by Gasteiger charge is -2.33. The van der Waals surface area contributed by atoms with Crippen molar-refractivity contribution in [2.45, 2.75) is 44.1 Å². The summed E-state index contributed by atoms with van der Waals surface area (Å²) in [6.45, 7) is 3.25. The molecule has 1 saturated carbocycles. The van der Waals surface area contributed by atoms with Crippen molar-refractivity contribution in [3.8, 4) is 0 Å². The zero-order valence-electron chi connectivity index (χ0n) is 19.2. The normalized spacial score (nSPS) is 22.1. The predicted octanol–water partition coefficient (Wildman–Crippen LogP) is 5.89. The largest absolute Gasteiger partial charge is 0.464 e. The molecule has 3 aromatic rings. The summed E-state index contributed by atoms with van der Waals surface area (Å²) in [5.41, 5.74) is 2.65. The predicted molar refractivity (Wildman–Crippen MR) is 129 cm³/mol. The quantitative estimate of drug-likeness (QED) is 0.463. The third-order valence-electron chi connectivity index (χ3n) is 7.25. The van der Waals surface area contributed by atoms with Crippen molar-refractivity contribution < 1.29 is 18.0 Å². The van der Waals surface area contributed by atoms with Gasteiger partial charge in [-0.2, -0.15) is 0 Å². The summed E-state index contributed by atoms with van der Waals surface area (Å²) in [5.74, 6) is -0.392. The molecule has 34 heavy (non-hydrogen) atoms. The van der Waals surface area contributed by atoms with Gasteiger partial charge in [0.15, 0.2) is 0 Å². The van der Waals surface area contributed by atoms with Gasteiger partial charge < -0.3 is 14.6 Å². The van der Waals surface area contributed by atoms with Crippen molar-refractivity contribution in [3.63, 3.8) is 0 Å². The first-order valence-electron chi connectivity index (χ1n) is 12.2. The van der Waals surface area contributed by atoms with E-state index in [-0.39, 0.29) is 11.9 Å². The van der Waals surface area contributed by atoms with Crippen LogP contribution in [-0.4, -0.2) is 36.5 Å². The number of carbonyl (C=O) groups excluding carboxylic acids is 1. The smallest absolute Gasteiger partial charge is 0.244 e. The molecule has 1 aromatic heterocycles. The molecule has 0 spiro atoms. The third-order valence-corrected chi connectivity index (χ3v) is 7.25. The van der Waals surface area contributed by atoms with Crippen molar-refractivity contribution in [3.05, 3.63) is 77.6 Å². The number of nitrogens with zero attached hydrogens (tertiary/aromatic N) is 1. The van der Waals surface area contributed by atoms with E-state index in [2.05, 4.69) is 22.3 Å². The fourth-order valence-electron chi connectivity index (χ4n) is 5.57.